The summed E-state index contributed by atoms with van der Waals surface area (Å²) < 4.78 is 10.7. The van der Waals surface area contributed by atoms with Crippen molar-refractivity contribution in [3.63, 3.8) is 0 Å². The fourth-order valence-electron chi connectivity index (χ4n) is 2.27. The maximum Gasteiger partial charge on any atom is 0.327 e. The van der Waals surface area contributed by atoms with Crippen LogP contribution in [0.15, 0.2) is 0 Å². The molecule has 20 heavy (non-hydrogen) atoms. The number of carbonyl (C=O) groups is 1. The zero-order chi connectivity index (χ0) is 15.0. The Morgan fingerprint density at radius 1 is 1.30 bits per heavy atom. The van der Waals surface area contributed by atoms with Crippen LogP contribution in [0.2, 0.25) is 0 Å². The molecule has 0 bridgehead atoms. The molecule has 1 fully saturated rings. The Labute approximate surface area is 123 Å². The maximum atomic E-state index is 12.3. The van der Waals surface area contributed by atoms with Gasteiger partial charge in [-0.3, -0.25) is 15.0 Å². The molecular weight excluding hydrogens is 256 g/mol. The Kier molecular flexibility index (Phi) is 7.48. The van der Waals surface area contributed by atoms with Gasteiger partial charge in [-0.1, -0.05) is 6.92 Å². The average molecular weight is 286 g/mol. The first-order chi connectivity index (χ1) is 9.55. The number of rotatable bonds is 11. The molecule has 0 aromatic rings. The maximum absolute atomic E-state index is 12.3. The fourth-order valence-corrected chi connectivity index (χ4v) is 2.27. The van der Waals surface area contributed by atoms with E-state index in [0.717, 1.165) is 32.5 Å². The van der Waals surface area contributed by atoms with E-state index < -0.39 is 5.54 Å². The lowest BCUT2D eigenvalue weighted by Gasteiger charge is -2.34. The molecule has 0 saturated heterocycles. The molecule has 1 N–H and O–H groups in total. The molecule has 0 radical (unpaired) electrons. The minimum absolute atomic E-state index is 0.151. The van der Waals surface area contributed by atoms with E-state index in [-0.39, 0.29) is 5.97 Å². The smallest absolute Gasteiger partial charge is 0.327 e. The number of hydrogen-bond donors (Lipinski definition) is 1. The van der Waals surface area contributed by atoms with Crippen molar-refractivity contribution < 1.29 is 14.3 Å². The van der Waals surface area contributed by atoms with Crippen LogP contribution in [0.25, 0.3) is 0 Å². The highest BCUT2D eigenvalue weighted by atomic mass is 16.5. The summed E-state index contributed by atoms with van der Waals surface area (Å²) in [5, 5.41) is 3.45. The highest BCUT2D eigenvalue weighted by molar-refractivity contribution is 5.80. The van der Waals surface area contributed by atoms with Crippen molar-refractivity contribution >= 4 is 5.97 Å². The van der Waals surface area contributed by atoms with Crippen molar-refractivity contribution in [3.8, 4) is 0 Å². The third-order valence-electron chi connectivity index (χ3n) is 3.57. The van der Waals surface area contributed by atoms with Crippen molar-refractivity contribution in [2.24, 2.45) is 0 Å². The molecule has 1 aliphatic rings. The van der Waals surface area contributed by atoms with Crippen molar-refractivity contribution in [1.29, 1.82) is 0 Å². The average Bonchev–Trinajstić information content (AvgIpc) is 3.21. The molecule has 1 atom stereocenters. The Bertz CT molecular complexity index is 295. The van der Waals surface area contributed by atoms with Crippen LogP contribution < -0.4 is 5.32 Å². The monoisotopic (exact) mass is 286 g/mol. The lowest BCUT2D eigenvalue weighted by Crippen LogP contribution is -2.58. The summed E-state index contributed by atoms with van der Waals surface area (Å²) in [5.41, 5.74) is -0.626. The Morgan fingerprint density at radius 3 is 2.50 bits per heavy atom. The highest BCUT2D eigenvalue weighted by Crippen LogP contribution is 2.23. The molecule has 0 amide bonds. The van der Waals surface area contributed by atoms with Crippen LogP contribution in [0.1, 0.15) is 40.5 Å². The summed E-state index contributed by atoms with van der Waals surface area (Å²) >= 11 is 0. The van der Waals surface area contributed by atoms with Crippen molar-refractivity contribution in [3.05, 3.63) is 0 Å². The number of nitrogens with zero attached hydrogens (tertiary/aromatic N) is 1. The fraction of sp³-hybridized carbons (Fsp3) is 0.933. The molecular formula is C15H30N2O3. The second kappa shape index (κ2) is 8.60. The van der Waals surface area contributed by atoms with E-state index in [4.69, 9.17) is 9.47 Å². The first-order valence-corrected chi connectivity index (χ1v) is 7.80. The van der Waals surface area contributed by atoms with Gasteiger partial charge in [0.15, 0.2) is 0 Å². The predicted octanol–water partition coefficient (Wildman–Crippen LogP) is 1.42. The van der Waals surface area contributed by atoms with Crippen LogP contribution in [0, 0.1) is 0 Å². The van der Waals surface area contributed by atoms with Gasteiger partial charge in [0.05, 0.1) is 13.2 Å². The normalized spacial score (nSPS) is 18.1. The Hall–Kier alpha value is -0.650. The third-order valence-corrected chi connectivity index (χ3v) is 3.57. The van der Waals surface area contributed by atoms with Crippen LogP contribution >= 0.6 is 0 Å². The topological polar surface area (TPSA) is 50.8 Å². The van der Waals surface area contributed by atoms with Gasteiger partial charge < -0.3 is 9.47 Å². The molecule has 0 heterocycles. The summed E-state index contributed by atoms with van der Waals surface area (Å²) in [6.45, 7) is 12.1. The minimum atomic E-state index is -0.626. The molecule has 1 unspecified atom stereocenters. The van der Waals surface area contributed by atoms with Gasteiger partial charge in [0.1, 0.15) is 5.54 Å². The Morgan fingerprint density at radius 2 is 2.00 bits per heavy atom. The van der Waals surface area contributed by atoms with Gasteiger partial charge >= 0.3 is 5.97 Å². The molecule has 0 aromatic heterocycles. The minimum Gasteiger partial charge on any atom is -0.465 e. The Balaban J connectivity index is 2.58. The molecule has 118 valence electrons. The second-order valence-corrected chi connectivity index (χ2v) is 5.54. The quantitative estimate of drug-likeness (QED) is 0.460. The van der Waals surface area contributed by atoms with Crippen molar-refractivity contribution in [1.82, 2.24) is 10.2 Å². The molecule has 5 nitrogen and oxygen atoms in total. The van der Waals surface area contributed by atoms with E-state index in [9.17, 15) is 4.79 Å². The number of likely N-dealkylation sites (N-methyl/N-ethyl adjacent to an activating group) is 1. The van der Waals surface area contributed by atoms with Gasteiger partial charge in [-0.2, -0.15) is 0 Å². The van der Waals surface area contributed by atoms with Crippen LogP contribution in [-0.2, 0) is 14.3 Å². The molecule has 0 aliphatic heterocycles. The number of hydrogen-bond acceptors (Lipinski definition) is 5. The lowest BCUT2D eigenvalue weighted by molar-refractivity contribution is -0.151. The van der Waals surface area contributed by atoms with Gasteiger partial charge in [0, 0.05) is 25.7 Å². The summed E-state index contributed by atoms with van der Waals surface area (Å²) in [5.74, 6) is -0.151. The summed E-state index contributed by atoms with van der Waals surface area (Å²) in [4.78, 5) is 14.5. The van der Waals surface area contributed by atoms with Gasteiger partial charge in [-0.05, 0) is 40.2 Å². The van der Waals surface area contributed by atoms with Crippen LogP contribution in [-0.4, -0.2) is 61.9 Å². The largest absolute Gasteiger partial charge is 0.465 e. The molecule has 1 rings (SSSR count). The van der Waals surface area contributed by atoms with Gasteiger partial charge in [0.25, 0.3) is 0 Å². The van der Waals surface area contributed by atoms with Crippen molar-refractivity contribution in [2.45, 2.75) is 52.1 Å². The zero-order valence-electron chi connectivity index (χ0n) is 13.4. The molecule has 0 aromatic carbocycles. The van der Waals surface area contributed by atoms with Crippen LogP contribution in [0.4, 0.5) is 0 Å². The third kappa shape index (κ3) is 5.77. The van der Waals surface area contributed by atoms with Gasteiger partial charge in [-0.15, -0.1) is 0 Å². The lowest BCUT2D eigenvalue weighted by atomic mass is 10.0. The molecule has 0 spiro atoms. The summed E-state index contributed by atoms with van der Waals surface area (Å²) in [6.07, 6.45) is 2.31. The second-order valence-electron chi connectivity index (χ2n) is 5.54. The van der Waals surface area contributed by atoms with Crippen LogP contribution in [0.3, 0.4) is 0 Å². The van der Waals surface area contributed by atoms with Crippen molar-refractivity contribution in [2.75, 3.05) is 39.5 Å². The molecule has 5 heteroatoms. The molecule has 1 saturated carbocycles. The first-order valence-electron chi connectivity index (χ1n) is 7.80. The number of nitrogens with one attached hydrogen (secondary N) is 1. The number of esters is 1. The zero-order valence-corrected chi connectivity index (χ0v) is 13.4. The highest BCUT2D eigenvalue weighted by Gasteiger charge is 2.40. The first kappa shape index (κ1) is 17.4. The van der Waals surface area contributed by atoms with E-state index in [2.05, 4.69) is 17.1 Å². The van der Waals surface area contributed by atoms with Crippen LogP contribution in [0.5, 0.6) is 0 Å². The summed E-state index contributed by atoms with van der Waals surface area (Å²) in [7, 11) is 0. The van der Waals surface area contributed by atoms with E-state index in [1.165, 1.54) is 0 Å². The summed E-state index contributed by atoms with van der Waals surface area (Å²) in [6, 6.07) is 0.468. The van der Waals surface area contributed by atoms with E-state index in [0.29, 0.717) is 25.8 Å². The number of carbonyl (C=O) groups excluding carboxylic acids is 1. The van der Waals surface area contributed by atoms with Gasteiger partial charge in [-0.25, -0.2) is 0 Å². The molecule has 1 aliphatic carbocycles. The van der Waals surface area contributed by atoms with Gasteiger partial charge in [0.2, 0.25) is 0 Å². The standard InChI is InChI=1S/C15H30N2O3/c1-5-17(10-11-19-6-2)12-15(4,14(18)20-7-3)16-13-8-9-13/h13,16H,5-12H2,1-4H3. The number of ether oxygens (including phenoxy) is 2. The predicted molar refractivity (Wildman–Crippen MR) is 79.8 cm³/mol. The van der Waals surface area contributed by atoms with E-state index in [1.54, 1.807) is 0 Å². The van der Waals surface area contributed by atoms with E-state index >= 15 is 0 Å². The van der Waals surface area contributed by atoms with E-state index in [1.807, 2.05) is 20.8 Å². The SMILES string of the molecule is CCOCCN(CC)CC(C)(NC1CC1)C(=O)OCC.